The van der Waals surface area contributed by atoms with E-state index in [1.54, 1.807) is 20.8 Å². The summed E-state index contributed by atoms with van der Waals surface area (Å²) in [5.74, 6) is -1.66. The fourth-order valence-corrected chi connectivity index (χ4v) is 5.64. The number of ether oxygens (including phenoxy) is 3. The molecule has 1 saturated carbocycles. The first-order chi connectivity index (χ1) is 15.3. The van der Waals surface area contributed by atoms with Crippen molar-refractivity contribution in [3.8, 4) is 0 Å². The molecular formula is C20H34N5O7P. The van der Waals surface area contributed by atoms with E-state index in [9.17, 15) is 14.2 Å². The van der Waals surface area contributed by atoms with Crippen LogP contribution >= 0.6 is 7.52 Å². The van der Waals surface area contributed by atoms with Crippen molar-refractivity contribution >= 4 is 19.4 Å². The van der Waals surface area contributed by atoms with Crippen molar-refractivity contribution in [3.05, 3.63) is 16.8 Å². The molecule has 0 spiro atoms. The molecule has 2 fully saturated rings. The van der Waals surface area contributed by atoms with E-state index >= 15 is 0 Å². The lowest BCUT2D eigenvalue weighted by atomic mass is 9.80. The van der Waals surface area contributed by atoms with Crippen LogP contribution in [0.2, 0.25) is 0 Å². The fraction of sp³-hybridized carbons (Fsp3) is 0.800. The molecule has 1 saturated heterocycles. The maximum absolute atomic E-state index is 13.0. The van der Waals surface area contributed by atoms with Gasteiger partial charge < -0.3 is 24.5 Å². The van der Waals surface area contributed by atoms with E-state index in [4.69, 9.17) is 24.5 Å². The minimum Gasteiger partial charge on any atom is -0.462 e. The maximum Gasteiger partial charge on any atom is 0.352 e. The number of hydrogen-bond donors (Lipinski definition) is 2. The number of nitrogens with one attached hydrogen (secondary N) is 1. The lowest BCUT2D eigenvalue weighted by Gasteiger charge is -2.50. The minimum atomic E-state index is -3.33. The van der Waals surface area contributed by atoms with Gasteiger partial charge in [-0.2, -0.15) is 4.98 Å². The fourth-order valence-electron chi connectivity index (χ4n) is 4.29. The van der Waals surface area contributed by atoms with Crippen LogP contribution < -0.4 is 16.5 Å². The molecule has 2 aliphatic rings. The Kier molecular flexibility index (Phi) is 7.65. The van der Waals surface area contributed by atoms with E-state index in [0.29, 0.717) is 12.8 Å². The van der Waals surface area contributed by atoms with Crippen LogP contribution in [0.15, 0.2) is 11.1 Å². The van der Waals surface area contributed by atoms with E-state index in [-0.39, 0.29) is 42.8 Å². The zero-order valence-corrected chi connectivity index (χ0v) is 20.8. The Morgan fingerprint density at radius 3 is 2.64 bits per heavy atom. The van der Waals surface area contributed by atoms with Gasteiger partial charge in [-0.25, -0.2) is 14.9 Å². The molecule has 3 rings (SSSR count). The standard InChI is InChI=1S/C20H34N5O7P/c1-11(2)30-17(26)12(3)24-33(6,28)29-9-13-7-14(25-10-22-18(21)23-19(25)27)16-8-15(13)31-20(4,5)32-16/h10-16H,7-9H2,1-6H3,(H,24,28)(H2,21,23,27)/t12-,13+,14+,15?,16-,33?/m0/s1. The quantitative estimate of drug-likeness (QED) is 0.404. The zero-order valence-electron chi connectivity index (χ0n) is 19.9. The molecule has 12 nitrogen and oxygen atoms in total. The van der Waals surface area contributed by atoms with Crippen LogP contribution in [0.1, 0.15) is 53.5 Å². The van der Waals surface area contributed by atoms with Gasteiger partial charge in [-0.3, -0.25) is 13.9 Å². The monoisotopic (exact) mass is 487 g/mol. The van der Waals surface area contributed by atoms with Crippen molar-refractivity contribution in [1.29, 1.82) is 0 Å². The molecule has 2 bridgehead atoms. The topological polar surface area (TPSA) is 157 Å². The molecule has 33 heavy (non-hydrogen) atoms. The number of hydrogen-bond acceptors (Lipinski definition) is 10. The summed E-state index contributed by atoms with van der Waals surface area (Å²) in [4.78, 5) is 32.2. The highest BCUT2D eigenvalue weighted by molar-refractivity contribution is 7.56. The molecular weight excluding hydrogens is 453 g/mol. The molecule has 3 N–H and O–H groups in total. The van der Waals surface area contributed by atoms with E-state index in [2.05, 4.69) is 15.1 Å². The van der Waals surface area contributed by atoms with Crippen molar-refractivity contribution in [2.24, 2.45) is 5.92 Å². The van der Waals surface area contributed by atoms with Gasteiger partial charge in [-0.1, -0.05) is 0 Å². The van der Waals surface area contributed by atoms with Crippen molar-refractivity contribution in [2.45, 2.75) is 83.6 Å². The molecule has 0 amide bonds. The van der Waals surface area contributed by atoms with Crippen LogP contribution in [-0.4, -0.2) is 63.9 Å². The van der Waals surface area contributed by atoms with Gasteiger partial charge in [0.15, 0.2) is 5.79 Å². The average molecular weight is 487 g/mol. The molecule has 0 radical (unpaired) electrons. The zero-order chi connectivity index (χ0) is 24.6. The van der Waals surface area contributed by atoms with Gasteiger partial charge in [-0.05, 0) is 41.0 Å². The van der Waals surface area contributed by atoms with Gasteiger partial charge in [0.1, 0.15) is 12.4 Å². The summed E-state index contributed by atoms with van der Waals surface area (Å²) in [5, 5.41) is 2.74. The Balaban J connectivity index is 1.73. The third kappa shape index (κ3) is 6.60. The number of anilines is 1. The summed E-state index contributed by atoms with van der Waals surface area (Å²) in [5.41, 5.74) is 5.02. The Hall–Kier alpha value is -1.85. The summed E-state index contributed by atoms with van der Waals surface area (Å²) in [6.45, 7) is 10.2. The Morgan fingerprint density at radius 2 is 2.00 bits per heavy atom. The van der Waals surface area contributed by atoms with Gasteiger partial charge in [0.25, 0.3) is 7.52 Å². The number of nitrogens with zero attached hydrogens (tertiary/aromatic N) is 3. The van der Waals surface area contributed by atoms with Gasteiger partial charge in [0.2, 0.25) is 5.95 Å². The lowest BCUT2D eigenvalue weighted by Crippen LogP contribution is -2.55. The second-order valence-corrected chi connectivity index (χ2v) is 11.6. The third-order valence-corrected chi connectivity index (χ3v) is 7.10. The number of fused-ring (bicyclic) bond motifs is 2. The van der Waals surface area contributed by atoms with Crippen LogP contribution in [0.5, 0.6) is 0 Å². The molecule has 1 aromatic heterocycles. The minimum absolute atomic E-state index is 0.0962. The smallest absolute Gasteiger partial charge is 0.352 e. The summed E-state index contributed by atoms with van der Waals surface area (Å²) in [7, 11) is -3.33. The largest absolute Gasteiger partial charge is 0.462 e. The summed E-state index contributed by atoms with van der Waals surface area (Å²) in [6.07, 6.45) is 1.57. The maximum atomic E-state index is 13.0. The van der Waals surface area contributed by atoms with E-state index in [1.165, 1.54) is 17.6 Å². The molecule has 13 heteroatoms. The second kappa shape index (κ2) is 9.79. The highest BCUT2D eigenvalue weighted by atomic mass is 31.2. The number of carbonyl (C=O) groups is 1. The molecule has 2 unspecified atom stereocenters. The van der Waals surface area contributed by atoms with Gasteiger partial charge in [0.05, 0.1) is 31.0 Å². The molecule has 2 heterocycles. The van der Waals surface area contributed by atoms with Crippen molar-refractivity contribution in [3.63, 3.8) is 0 Å². The van der Waals surface area contributed by atoms with Crippen molar-refractivity contribution < 1.29 is 28.1 Å². The van der Waals surface area contributed by atoms with Crippen LogP contribution in [-0.2, 0) is 28.1 Å². The Morgan fingerprint density at radius 1 is 1.33 bits per heavy atom. The van der Waals surface area contributed by atoms with Crippen LogP contribution in [0.25, 0.3) is 0 Å². The summed E-state index contributed by atoms with van der Waals surface area (Å²) >= 11 is 0. The van der Waals surface area contributed by atoms with E-state index < -0.39 is 31.0 Å². The normalized spacial score (nSPS) is 29.3. The number of nitrogen functional groups attached to an aromatic ring is 1. The number of carbonyl (C=O) groups excluding carboxylic acids is 1. The number of esters is 1. The average Bonchev–Trinajstić information content (AvgIpc) is 2.66. The third-order valence-electron chi connectivity index (χ3n) is 5.61. The first-order valence-electron chi connectivity index (χ1n) is 11.0. The molecule has 186 valence electrons. The summed E-state index contributed by atoms with van der Waals surface area (Å²) < 4.78 is 37.5. The SMILES string of the molecule is CC(C)OC(=O)[C@H](C)NP(C)(=O)OC[C@H]1C[C@@H](n2cnc(N)nc2=O)[C@@H]2CC1OC(C)(C)O2. The molecule has 1 aliphatic heterocycles. The van der Waals surface area contributed by atoms with Crippen LogP contribution in [0.3, 0.4) is 0 Å². The second-order valence-electron chi connectivity index (χ2n) is 9.39. The van der Waals surface area contributed by atoms with Gasteiger partial charge in [-0.15, -0.1) is 0 Å². The first-order valence-corrected chi connectivity index (χ1v) is 13.1. The van der Waals surface area contributed by atoms with E-state index in [1.807, 2.05) is 13.8 Å². The van der Waals surface area contributed by atoms with Crippen LogP contribution in [0.4, 0.5) is 5.95 Å². The number of nitrogens with two attached hydrogens (primary N) is 1. The molecule has 6 atom stereocenters. The van der Waals surface area contributed by atoms with Gasteiger partial charge in [0, 0.05) is 19.0 Å². The predicted octanol–water partition coefficient (Wildman–Crippen LogP) is 1.46. The number of aromatic nitrogens is 3. The highest BCUT2D eigenvalue weighted by Crippen LogP contribution is 2.46. The molecule has 1 aromatic rings. The number of rotatable bonds is 8. The predicted molar refractivity (Wildman–Crippen MR) is 120 cm³/mol. The lowest BCUT2D eigenvalue weighted by molar-refractivity contribution is -0.330. The Bertz CT molecular complexity index is 968. The first kappa shape index (κ1) is 25.8. The highest BCUT2D eigenvalue weighted by Gasteiger charge is 2.48. The summed E-state index contributed by atoms with van der Waals surface area (Å²) in [6, 6.07) is -1.16. The van der Waals surface area contributed by atoms with Crippen LogP contribution in [0, 0.1) is 5.92 Å². The molecule has 1 aliphatic carbocycles. The molecule has 0 aromatic carbocycles. The van der Waals surface area contributed by atoms with Gasteiger partial charge >= 0.3 is 11.7 Å². The van der Waals surface area contributed by atoms with Crippen molar-refractivity contribution in [2.75, 3.05) is 19.0 Å². The van der Waals surface area contributed by atoms with E-state index in [0.717, 1.165) is 0 Å². The Labute approximate surface area is 193 Å². The van der Waals surface area contributed by atoms with Crippen molar-refractivity contribution in [1.82, 2.24) is 19.6 Å².